The number of hydrogen-bond acceptors (Lipinski definition) is 5. The maximum Gasteiger partial charge on any atom is 0.271 e. The van der Waals surface area contributed by atoms with E-state index in [0.717, 1.165) is 22.3 Å². The summed E-state index contributed by atoms with van der Waals surface area (Å²) in [6.45, 7) is 2.47. The van der Waals surface area contributed by atoms with Crippen molar-refractivity contribution in [3.63, 3.8) is 0 Å². The van der Waals surface area contributed by atoms with Crippen LogP contribution in [0.25, 0.3) is 11.4 Å². The fraction of sp³-hybridized carbons (Fsp3) is 0.0870. The number of benzene rings is 3. The maximum absolute atomic E-state index is 12.3. The summed E-state index contributed by atoms with van der Waals surface area (Å²) in [5.74, 6) is 0.314. The van der Waals surface area contributed by atoms with Crippen LogP contribution in [0.5, 0.6) is 0 Å². The zero-order valence-electron chi connectivity index (χ0n) is 16.4. The standard InChI is InChI=1S/C23H20N6O/c1-17-6-5-7-19(14-17)15-24-26-23(30)21-12-10-18(11-13-21)16-29-27-22(25-28-29)20-8-3-2-4-9-20/h2-15H,16H2,1H3,(H,26,30)/b24-15+. The Hall–Kier alpha value is -4.13. The Balaban J connectivity index is 1.36. The van der Waals surface area contributed by atoms with Crippen LogP contribution in [0.3, 0.4) is 0 Å². The van der Waals surface area contributed by atoms with Gasteiger partial charge in [0.2, 0.25) is 5.82 Å². The Labute approximate surface area is 174 Å². The largest absolute Gasteiger partial charge is 0.271 e. The van der Waals surface area contributed by atoms with Crippen LogP contribution < -0.4 is 5.43 Å². The topological polar surface area (TPSA) is 85.1 Å². The number of rotatable bonds is 6. The first-order chi connectivity index (χ1) is 14.7. The smallest absolute Gasteiger partial charge is 0.267 e. The first kappa shape index (κ1) is 19.2. The summed E-state index contributed by atoms with van der Waals surface area (Å²) < 4.78 is 0. The lowest BCUT2D eigenvalue weighted by atomic mass is 10.1. The van der Waals surface area contributed by atoms with E-state index >= 15 is 0 Å². The van der Waals surface area contributed by atoms with E-state index in [4.69, 9.17) is 0 Å². The fourth-order valence-electron chi connectivity index (χ4n) is 2.92. The van der Waals surface area contributed by atoms with Crippen molar-refractivity contribution in [2.45, 2.75) is 13.5 Å². The molecule has 0 atom stereocenters. The number of aryl methyl sites for hydroxylation is 1. The summed E-state index contributed by atoms with van der Waals surface area (Å²) in [6.07, 6.45) is 1.62. The number of amides is 1. The van der Waals surface area contributed by atoms with Crippen LogP contribution in [0.2, 0.25) is 0 Å². The molecule has 0 aliphatic heterocycles. The van der Waals surface area contributed by atoms with E-state index in [9.17, 15) is 4.79 Å². The molecule has 1 heterocycles. The van der Waals surface area contributed by atoms with E-state index in [2.05, 4.69) is 25.9 Å². The molecule has 0 bridgehead atoms. The van der Waals surface area contributed by atoms with Gasteiger partial charge in [0.25, 0.3) is 5.91 Å². The van der Waals surface area contributed by atoms with E-state index in [1.807, 2.05) is 73.7 Å². The van der Waals surface area contributed by atoms with Crippen LogP contribution in [0, 0.1) is 6.92 Å². The number of hydrazone groups is 1. The predicted molar refractivity (Wildman–Crippen MR) is 115 cm³/mol. The van der Waals surface area contributed by atoms with Gasteiger partial charge in [-0.15, -0.1) is 10.2 Å². The van der Waals surface area contributed by atoms with Gasteiger partial charge in [0, 0.05) is 11.1 Å². The third-order valence-corrected chi connectivity index (χ3v) is 4.45. The zero-order chi connectivity index (χ0) is 20.8. The first-order valence-electron chi connectivity index (χ1n) is 9.50. The Kier molecular flexibility index (Phi) is 5.70. The zero-order valence-corrected chi connectivity index (χ0v) is 16.4. The van der Waals surface area contributed by atoms with Crippen molar-refractivity contribution in [3.8, 4) is 11.4 Å². The highest BCUT2D eigenvalue weighted by atomic mass is 16.2. The fourth-order valence-corrected chi connectivity index (χ4v) is 2.92. The highest BCUT2D eigenvalue weighted by molar-refractivity contribution is 5.94. The molecular formula is C23H20N6O. The van der Waals surface area contributed by atoms with Gasteiger partial charge in [-0.1, -0.05) is 72.3 Å². The van der Waals surface area contributed by atoms with E-state index in [1.54, 1.807) is 18.3 Å². The van der Waals surface area contributed by atoms with E-state index in [1.165, 1.54) is 4.80 Å². The number of carbonyl (C=O) groups excluding carboxylic acids is 1. The normalized spacial score (nSPS) is 11.0. The van der Waals surface area contributed by atoms with Gasteiger partial charge < -0.3 is 0 Å². The molecule has 1 aromatic heterocycles. The van der Waals surface area contributed by atoms with Crippen LogP contribution in [-0.2, 0) is 6.54 Å². The average Bonchev–Trinajstić information content (AvgIpc) is 3.23. The second kappa shape index (κ2) is 8.91. The van der Waals surface area contributed by atoms with Gasteiger partial charge in [-0.3, -0.25) is 4.79 Å². The molecule has 148 valence electrons. The van der Waals surface area contributed by atoms with Crippen molar-refractivity contribution < 1.29 is 4.79 Å². The van der Waals surface area contributed by atoms with Crippen LogP contribution in [-0.4, -0.2) is 32.3 Å². The van der Waals surface area contributed by atoms with Crippen molar-refractivity contribution in [2.75, 3.05) is 0 Å². The Morgan fingerprint density at radius 3 is 2.60 bits per heavy atom. The SMILES string of the molecule is Cc1cccc(/C=N/NC(=O)c2ccc(Cn3nnc(-c4ccccc4)n3)cc2)c1. The summed E-state index contributed by atoms with van der Waals surface area (Å²) in [5, 5.41) is 16.6. The van der Waals surface area contributed by atoms with Gasteiger partial charge in [0.05, 0.1) is 12.8 Å². The van der Waals surface area contributed by atoms with Crippen molar-refractivity contribution in [3.05, 3.63) is 101 Å². The molecule has 0 aliphatic rings. The number of nitrogens with zero attached hydrogens (tertiary/aromatic N) is 5. The molecule has 0 radical (unpaired) electrons. The second-order valence-corrected chi connectivity index (χ2v) is 6.82. The number of tetrazole rings is 1. The molecule has 7 nitrogen and oxygen atoms in total. The summed E-state index contributed by atoms with van der Waals surface area (Å²) in [6, 6.07) is 24.8. The molecule has 0 spiro atoms. The minimum atomic E-state index is -0.268. The van der Waals surface area contributed by atoms with Gasteiger partial charge in [-0.2, -0.15) is 9.90 Å². The molecule has 7 heteroatoms. The average molecular weight is 396 g/mol. The molecule has 4 rings (SSSR count). The molecule has 3 aromatic carbocycles. The molecule has 0 aliphatic carbocycles. The quantitative estimate of drug-likeness (QED) is 0.400. The highest BCUT2D eigenvalue weighted by Crippen LogP contribution is 2.12. The third-order valence-electron chi connectivity index (χ3n) is 4.45. The Morgan fingerprint density at radius 2 is 1.83 bits per heavy atom. The minimum Gasteiger partial charge on any atom is -0.267 e. The van der Waals surface area contributed by atoms with Crippen LogP contribution in [0.15, 0.2) is 84.0 Å². The van der Waals surface area contributed by atoms with E-state index in [0.29, 0.717) is 17.9 Å². The minimum absolute atomic E-state index is 0.268. The number of hydrogen-bond donors (Lipinski definition) is 1. The van der Waals surface area contributed by atoms with Crippen molar-refractivity contribution >= 4 is 12.1 Å². The van der Waals surface area contributed by atoms with Gasteiger partial charge in [0.15, 0.2) is 0 Å². The van der Waals surface area contributed by atoms with Gasteiger partial charge >= 0.3 is 0 Å². The summed E-state index contributed by atoms with van der Waals surface area (Å²) in [4.78, 5) is 13.8. The molecule has 0 unspecified atom stereocenters. The lowest BCUT2D eigenvalue weighted by molar-refractivity contribution is 0.0955. The molecule has 0 saturated carbocycles. The summed E-state index contributed by atoms with van der Waals surface area (Å²) >= 11 is 0. The van der Waals surface area contributed by atoms with Crippen molar-refractivity contribution in [1.82, 2.24) is 25.6 Å². The van der Waals surface area contributed by atoms with E-state index < -0.39 is 0 Å². The molecular weight excluding hydrogens is 376 g/mol. The lowest BCUT2D eigenvalue weighted by Crippen LogP contribution is -2.17. The van der Waals surface area contributed by atoms with Crippen molar-refractivity contribution in [2.24, 2.45) is 5.10 Å². The third kappa shape index (κ3) is 4.82. The lowest BCUT2D eigenvalue weighted by Gasteiger charge is -2.03. The molecule has 4 aromatic rings. The molecule has 1 amide bonds. The van der Waals surface area contributed by atoms with E-state index in [-0.39, 0.29) is 5.91 Å². The monoisotopic (exact) mass is 396 g/mol. The number of aromatic nitrogens is 4. The second-order valence-electron chi connectivity index (χ2n) is 6.82. The van der Waals surface area contributed by atoms with Crippen LogP contribution >= 0.6 is 0 Å². The van der Waals surface area contributed by atoms with Gasteiger partial charge in [-0.05, 0) is 35.4 Å². The maximum atomic E-state index is 12.3. The van der Waals surface area contributed by atoms with Gasteiger partial charge in [-0.25, -0.2) is 5.43 Å². The Bertz CT molecular complexity index is 1170. The molecule has 0 saturated heterocycles. The predicted octanol–water partition coefficient (Wildman–Crippen LogP) is 3.46. The number of nitrogens with one attached hydrogen (secondary N) is 1. The first-order valence-corrected chi connectivity index (χ1v) is 9.50. The Morgan fingerprint density at radius 1 is 1.03 bits per heavy atom. The number of carbonyl (C=O) groups is 1. The highest BCUT2D eigenvalue weighted by Gasteiger charge is 2.07. The van der Waals surface area contributed by atoms with Crippen molar-refractivity contribution in [1.29, 1.82) is 0 Å². The molecule has 0 fully saturated rings. The van der Waals surface area contributed by atoms with Crippen LogP contribution in [0.1, 0.15) is 27.0 Å². The van der Waals surface area contributed by atoms with Gasteiger partial charge in [0.1, 0.15) is 0 Å². The molecule has 1 N–H and O–H groups in total. The summed E-state index contributed by atoms with van der Waals surface area (Å²) in [5.41, 5.74) is 7.02. The van der Waals surface area contributed by atoms with Crippen LogP contribution in [0.4, 0.5) is 0 Å². The molecule has 30 heavy (non-hydrogen) atoms. The summed E-state index contributed by atoms with van der Waals surface area (Å²) in [7, 11) is 0.